The lowest BCUT2D eigenvalue weighted by molar-refractivity contribution is -0.147. The number of allylic oxidation sites excluding steroid dienone is 2. The number of unbranched alkanes of at least 4 members (excludes halogenated alkanes) is 1. The van der Waals surface area contributed by atoms with Gasteiger partial charge in [0.05, 0.1) is 30.0 Å². The summed E-state index contributed by atoms with van der Waals surface area (Å²) < 4.78 is 57.2. The highest BCUT2D eigenvalue weighted by atomic mass is 28.4. The summed E-state index contributed by atoms with van der Waals surface area (Å²) in [6, 6.07) is 7.47. The predicted molar refractivity (Wildman–Crippen MR) is 161 cm³/mol. The summed E-state index contributed by atoms with van der Waals surface area (Å²) >= 11 is 0. The molecule has 2 N–H and O–H groups in total. The summed E-state index contributed by atoms with van der Waals surface area (Å²) in [5.41, 5.74) is -0.776. The number of aliphatic hydroxyl groups is 2. The Morgan fingerprint density at radius 3 is 2.40 bits per heavy atom. The van der Waals surface area contributed by atoms with Gasteiger partial charge in [0.2, 0.25) is 0 Å². The molecule has 0 spiro atoms. The maximum absolute atomic E-state index is 13.2. The van der Waals surface area contributed by atoms with Crippen LogP contribution in [-0.4, -0.2) is 55.5 Å². The first-order valence-electron chi connectivity index (χ1n) is 15.2. The number of hydrogen-bond donors (Lipinski definition) is 2. The number of carbonyl (C=O) groups excluding carboxylic acids is 1. The second kappa shape index (κ2) is 17.2. The van der Waals surface area contributed by atoms with E-state index < -0.39 is 38.4 Å². The van der Waals surface area contributed by atoms with E-state index in [1.807, 2.05) is 38.2 Å². The van der Waals surface area contributed by atoms with Gasteiger partial charge in [-0.25, -0.2) is 0 Å². The SMILES string of the molecule is CC[Si](CC)(CC)O[C@H](/C=C/[C@@H]1[C@@H](C/C=C\CCCC(=O)OC(C)C)[C@@H](O)C[C@H]1O)COc1cccc(C(F)(F)F)c1. The van der Waals surface area contributed by atoms with Crippen LogP contribution in [0.25, 0.3) is 0 Å². The molecule has 1 saturated carbocycles. The smallest absolute Gasteiger partial charge is 0.416 e. The third-order valence-electron chi connectivity index (χ3n) is 8.07. The van der Waals surface area contributed by atoms with Crippen LogP contribution in [0.15, 0.2) is 48.6 Å². The van der Waals surface area contributed by atoms with Crippen LogP contribution >= 0.6 is 0 Å². The summed E-state index contributed by atoms with van der Waals surface area (Å²) in [6.45, 7) is 9.96. The number of esters is 1. The number of ether oxygens (including phenoxy) is 2. The van der Waals surface area contributed by atoms with Crippen LogP contribution in [0.3, 0.4) is 0 Å². The molecule has 1 aliphatic carbocycles. The van der Waals surface area contributed by atoms with Crippen molar-refractivity contribution in [3.8, 4) is 5.75 Å². The monoisotopic (exact) mass is 614 g/mol. The molecule has 1 aromatic carbocycles. The van der Waals surface area contributed by atoms with E-state index in [9.17, 15) is 28.2 Å². The standard InChI is InChI=1S/C32H49F3O6Si/c1-6-42(7-2,8-3)41-26(22-39-25-15-13-14-24(20-25)32(33,34)35)18-19-28-27(29(36)21-30(28)37)16-11-9-10-12-17-31(38)40-23(4)5/h9,11,13-15,18-20,23,26-30,36-37H,6-8,10,12,16-17,21-22H2,1-5H3/b11-9-,19-18+/t26-,27-,28-,29+,30-/m1/s1. The van der Waals surface area contributed by atoms with Crippen molar-refractivity contribution in [1.29, 1.82) is 0 Å². The second-order valence-electron chi connectivity index (χ2n) is 11.4. The molecular weight excluding hydrogens is 565 g/mol. The van der Waals surface area contributed by atoms with Gasteiger partial charge < -0.3 is 24.1 Å². The number of carbonyl (C=O) groups is 1. The Morgan fingerprint density at radius 2 is 1.79 bits per heavy atom. The molecule has 0 aliphatic heterocycles. The summed E-state index contributed by atoms with van der Waals surface area (Å²) in [7, 11) is -2.10. The lowest BCUT2D eigenvalue weighted by Gasteiger charge is -2.32. The minimum absolute atomic E-state index is 0.0295. The third-order valence-corrected chi connectivity index (χ3v) is 12.7. The van der Waals surface area contributed by atoms with Crippen LogP contribution in [0.5, 0.6) is 5.75 Å². The molecule has 0 saturated heterocycles. The molecule has 5 atom stereocenters. The van der Waals surface area contributed by atoms with E-state index in [4.69, 9.17) is 13.9 Å². The van der Waals surface area contributed by atoms with Crippen LogP contribution in [0.4, 0.5) is 13.2 Å². The number of benzene rings is 1. The van der Waals surface area contributed by atoms with Gasteiger partial charge in [-0.15, -0.1) is 0 Å². The van der Waals surface area contributed by atoms with Gasteiger partial charge in [0, 0.05) is 18.8 Å². The van der Waals surface area contributed by atoms with Crippen molar-refractivity contribution in [3.05, 3.63) is 54.1 Å². The molecular formula is C32H49F3O6Si. The number of aliphatic hydroxyl groups excluding tert-OH is 2. The average molecular weight is 615 g/mol. The Labute approximate surface area is 250 Å². The van der Waals surface area contributed by atoms with Crippen LogP contribution in [-0.2, 0) is 20.1 Å². The first-order valence-corrected chi connectivity index (χ1v) is 17.7. The van der Waals surface area contributed by atoms with Crippen LogP contribution in [0.2, 0.25) is 18.1 Å². The van der Waals surface area contributed by atoms with Crippen molar-refractivity contribution in [2.24, 2.45) is 11.8 Å². The van der Waals surface area contributed by atoms with Gasteiger partial charge in [0.25, 0.3) is 0 Å². The zero-order valence-corrected chi connectivity index (χ0v) is 26.6. The van der Waals surface area contributed by atoms with E-state index in [0.29, 0.717) is 25.7 Å². The maximum Gasteiger partial charge on any atom is 0.416 e. The van der Waals surface area contributed by atoms with Gasteiger partial charge in [-0.1, -0.05) is 51.1 Å². The zero-order chi connectivity index (χ0) is 31.3. The van der Waals surface area contributed by atoms with E-state index in [-0.39, 0.29) is 42.7 Å². The fraction of sp³-hybridized carbons (Fsp3) is 0.656. The molecule has 0 aromatic heterocycles. The molecule has 1 fully saturated rings. The lowest BCUT2D eigenvalue weighted by Crippen LogP contribution is -2.41. The van der Waals surface area contributed by atoms with Crippen molar-refractivity contribution in [2.75, 3.05) is 6.61 Å². The summed E-state index contributed by atoms with van der Waals surface area (Å²) in [5.74, 6) is -0.617. The van der Waals surface area contributed by atoms with Crippen molar-refractivity contribution in [2.45, 2.75) is 115 Å². The number of rotatable bonds is 17. The summed E-state index contributed by atoms with van der Waals surface area (Å²) in [4.78, 5) is 11.7. The molecule has 0 unspecified atom stereocenters. The molecule has 238 valence electrons. The fourth-order valence-corrected chi connectivity index (χ4v) is 8.20. The fourth-order valence-electron chi connectivity index (χ4n) is 5.41. The Balaban J connectivity index is 2.11. The Bertz CT molecular complexity index is 1000. The molecule has 0 radical (unpaired) electrons. The molecule has 0 amide bonds. The molecule has 0 bridgehead atoms. The van der Waals surface area contributed by atoms with Gasteiger partial charge >= 0.3 is 12.1 Å². The van der Waals surface area contributed by atoms with Gasteiger partial charge in [-0.05, 0) is 75.4 Å². The summed E-state index contributed by atoms with van der Waals surface area (Å²) in [5, 5.41) is 21.4. The topological polar surface area (TPSA) is 85.2 Å². The minimum Gasteiger partial charge on any atom is -0.491 e. The molecule has 10 heteroatoms. The zero-order valence-electron chi connectivity index (χ0n) is 25.6. The summed E-state index contributed by atoms with van der Waals surface area (Å²) in [6.07, 6.45) is 3.73. The molecule has 1 aromatic rings. The first-order chi connectivity index (χ1) is 19.8. The highest BCUT2D eigenvalue weighted by Gasteiger charge is 2.40. The Morgan fingerprint density at radius 1 is 1.10 bits per heavy atom. The normalized spacial score (nSPS) is 22.4. The van der Waals surface area contributed by atoms with Crippen LogP contribution < -0.4 is 4.74 Å². The number of halogens is 3. The Hall–Kier alpha value is -2.14. The highest BCUT2D eigenvalue weighted by molar-refractivity contribution is 6.73. The van der Waals surface area contributed by atoms with Crippen molar-refractivity contribution in [1.82, 2.24) is 0 Å². The van der Waals surface area contributed by atoms with Crippen molar-refractivity contribution >= 4 is 14.3 Å². The van der Waals surface area contributed by atoms with E-state index in [1.165, 1.54) is 12.1 Å². The maximum atomic E-state index is 13.2. The van der Waals surface area contributed by atoms with E-state index >= 15 is 0 Å². The highest BCUT2D eigenvalue weighted by Crippen LogP contribution is 2.37. The lowest BCUT2D eigenvalue weighted by atomic mass is 9.89. The first kappa shape index (κ1) is 36.1. The number of hydrogen-bond acceptors (Lipinski definition) is 6. The van der Waals surface area contributed by atoms with Crippen LogP contribution in [0.1, 0.15) is 72.3 Å². The van der Waals surface area contributed by atoms with E-state index in [1.54, 1.807) is 0 Å². The molecule has 2 rings (SSSR count). The van der Waals surface area contributed by atoms with Crippen molar-refractivity contribution in [3.63, 3.8) is 0 Å². The molecule has 1 aliphatic rings. The van der Waals surface area contributed by atoms with Gasteiger partial charge in [-0.2, -0.15) is 13.2 Å². The van der Waals surface area contributed by atoms with Gasteiger partial charge in [0.15, 0.2) is 8.32 Å². The van der Waals surface area contributed by atoms with Gasteiger partial charge in [-0.3, -0.25) is 4.79 Å². The van der Waals surface area contributed by atoms with Gasteiger partial charge in [0.1, 0.15) is 12.4 Å². The quantitative estimate of drug-likeness (QED) is 0.0820. The third kappa shape index (κ3) is 11.5. The molecule has 42 heavy (non-hydrogen) atoms. The predicted octanol–water partition coefficient (Wildman–Crippen LogP) is 7.46. The molecule has 6 nitrogen and oxygen atoms in total. The largest absolute Gasteiger partial charge is 0.491 e. The second-order valence-corrected chi connectivity index (χ2v) is 16.1. The van der Waals surface area contributed by atoms with E-state index in [0.717, 1.165) is 30.3 Å². The average Bonchev–Trinajstić information content (AvgIpc) is 3.21. The minimum atomic E-state index is -4.47. The van der Waals surface area contributed by atoms with E-state index in [2.05, 4.69) is 20.8 Å². The van der Waals surface area contributed by atoms with Crippen LogP contribution in [0, 0.1) is 11.8 Å². The number of alkyl halides is 3. The Kier molecular flexibility index (Phi) is 14.8. The molecule has 0 heterocycles. The van der Waals surface area contributed by atoms with Crippen molar-refractivity contribution < 1.29 is 42.1 Å².